The van der Waals surface area contributed by atoms with E-state index in [1.54, 1.807) is 45.2 Å². The van der Waals surface area contributed by atoms with Gasteiger partial charge in [-0.15, -0.1) is 0 Å². The average Bonchev–Trinajstić information content (AvgIpc) is 3.28. The van der Waals surface area contributed by atoms with Crippen molar-refractivity contribution in [3.8, 4) is 5.69 Å². The Kier molecular flexibility index (Phi) is 5.70. The number of imidazole rings is 2. The van der Waals surface area contributed by atoms with E-state index in [1.165, 1.54) is 6.07 Å². The number of carbonyl (C=O) groups is 1. The van der Waals surface area contributed by atoms with Gasteiger partial charge in [0.25, 0.3) is 0 Å². The average molecular weight is 421 g/mol. The van der Waals surface area contributed by atoms with Crippen LogP contribution in [0.4, 0.5) is 10.1 Å². The van der Waals surface area contributed by atoms with Crippen LogP contribution in [0.25, 0.3) is 16.7 Å². The molecular formula is C23H24FN5O2. The quantitative estimate of drug-likeness (QED) is 0.492. The predicted octanol–water partition coefficient (Wildman–Crippen LogP) is 3.88. The summed E-state index contributed by atoms with van der Waals surface area (Å²) in [6.07, 6.45) is 4.22. The number of nitrogens with one attached hydrogen (secondary N) is 1. The van der Waals surface area contributed by atoms with Gasteiger partial charge >= 0.3 is 5.69 Å². The fourth-order valence-electron chi connectivity index (χ4n) is 3.78. The van der Waals surface area contributed by atoms with Crippen molar-refractivity contribution in [1.82, 2.24) is 18.7 Å². The number of carbonyl (C=O) groups excluding carboxylic acids is 1. The minimum Gasteiger partial charge on any atom is -0.326 e. The first-order chi connectivity index (χ1) is 15.0. The molecule has 1 N–H and O–H groups in total. The Morgan fingerprint density at radius 3 is 2.42 bits per heavy atom. The van der Waals surface area contributed by atoms with E-state index in [2.05, 4.69) is 10.3 Å². The molecule has 1 amide bonds. The molecule has 0 aliphatic carbocycles. The maximum Gasteiger partial charge on any atom is 0.329 e. The number of aryl methyl sites for hydroxylation is 3. The first kappa shape index (κ1) is 20.6. The molecule has 31 heavy (non-hydrogen) atoms. The van der Waals surface area contributed by atoms with Gasteiger partial charge in [-0.25, -0.2) is 14.2 Å². The van der Waals surface area contributed by atoms with Crippen LogP contribution in [0.15, 0.2) is 59.7 Å². The summed E-state index contributed by atoms with van der Waals surface area (Å²) in [5.74, 6) is -0.0775. The molecule has 8 heteroatoms. The van der Waals surface area contributed by atoms with Crippen molar-refractivity contribution >= 4 is 22.6 Å². The van der Waals surface area contributed by atoms with E-state index in [9.17, 15) is 14.0 Å². The fraction of sp³-hybridized carbons (Fsp3) is 0.261. The summed E-state index contributed by atoms with van der Waals surface area (Å²) < 4.78 is 19.5. The lowest BCUT2D eigenvalue weighted by Crippen LogP contribution is -2.26. The van der Waals surface area contributed by atoms with Crippen molar-refractivity contribution < 1.29 is 9.18 Å². The largest absolute Gasteiger partial charge is 0.329 e. The summed E-state index contributed by atoms with van der Waals surface area (Å²) in [7, 11) is 0. The van der Waals surface area contributed by atoms with Crippen molar-refractivity contribution in [2.24, 2.45) is 0 Å². The first-order valence-electron chi connectivity index (χ1n) is 10.3. The molecule has 2 aromatic heterocycles. The number of hydrogen-bond donors (Lipinski definition) is 1. The second-order valence-electron chi connectivity index (χ2n) is 7.38. The third-order valence-electron chi connectivity index (χ3n) is 5.25. The van der Waals surface area contributed by atoms with Gasteiger partial charge in [0.1, 0.15) is 11.6 Å². The highest BCUT2D eigenvalue weighted by Gasteiger charge is 2.14. The number of nitrogens with zero attached hydrogens (tertiary/aromatic N) is 4. The molecular weight excluding hydrogens is 397 g/mol. The van der Waals surface area contributed by atoms with Gasteiger partial charge in [-0.05, 0) is 43.7 Å². The van der Waals surface area contributed by atoms with Crippen LogP contribution < -0.4 is 11.0 Å². The number of para-hydroxylation sites is 2. The van der Waals surface area contributed by atoms with Crippen molar-refractivity contribution in [2.75, 3.05) is 5.32 Å². The molecule has 4 aromatic rings. The van der Waals surface area contributed by atoms with E-state index >= 15 is 0 Å². The lowest BCUT2D eigenvalue weighted by atomic mass is 10.2. The normalized spacial score (nSPS) is 11.2. The van der Waals surface area contributed by atoms with Gasteiger partial charge in [-0.1, -0.05) is 19.1 Å². The molecule has 4 rings (SSSR count). The molecule has 0 aliphatic rings. The third kappa shape index (κ3) is 4.01. The highest BCUT2D eigenvalue weighted by Crippen LogP contribution is 2.20. The summed E-state index contributed by atoms with van der Waals surface area (Å²) in [5, 5.41) is 2.71. The SMILES string of the molecule is CCCn1c(=O)n(CCC(=O)Nc2ccc(-n3ccnc3C)c(F)c2)c2ccccc21. The van der Waals surface area contributed by atoms with Gasteiger partial charge in [-0.3, -0.25) is 13.9 Å². The number of aromatic nitrogens is 4. The molecule has 0 saturated heterocycles. The maximum atomic E-state index is 14.5. The second kappa shape index (κ2) is 8.59. The molecule has 160 valence electrons. The number of amides is 1. The molecule has 0 radical (unpaired) electrons. The number of anilines is 1. The summed E-state index contributed by atoms with van der Waals surface area (Å²) in [4.78, 5) is 29.4. The fourth-order valence-corrected chi connectivity index (χ4v) is 3.78. The van der Waals surface area contributed by atoms with Gasteiger partial charge < -0.3 is 9.88 Å². The Bertz CT molecular complexity index is 1300. The summed E-state index contributed by atoms with van der Waals surface area (Å²) in [5.41, 5.74) is 2.28. The molecule has 0 aliphatic heterocycles. The number of fused-ring (bicyclic) bond motifs is 1. The minimum absolute atomic E-state index is 0.101. The van der Waals surface area contributed by atoms with Crippen LogP contribution in [0, 0.1) is 12.7 Å². The van der Waals surface area contributed by atoms with E-state index < -0.39 is 5.82 Å². The number of hydrogen-bond acceptors (Lipinski definition) is 3. The van der Waals surface area contributed by atoms with E-state index in [0.717, 1.165) is 17.5 Å². The monoisotopic (exact) mass is 421 g/mol. The van der Waals surface area contributed by atoms with Gasteiger partial charge in [0.2, 0.25) is 5.91 Å². The zero-order valence-corrected chi connectivity index (χ0v) is 17.5. The highest BCUT2D eigenvalue weighted by atomic mass is 19.1. The van der Waals surface area contributed by atoms with E-state index in [1.807, 2.05) is 31.2 Å². The van der Waals surface area contributed by atoms with Crippen LogP contribution in [0.3, 0.4) is 0 Å². The Labute approximate surface area is 178 Å². The van der Waals surface area contributed by atoms with Crippen LogP contribution in [-0.2, 0) is 17.9 Å². The predicted molar refractivity (Wildman–Crippen MR) is 118 cm³/mol. The zero-order valence-electron chi connectivity index (χ0n) is 17.5. The molecule has 7 nitrogen and oxygen atoms in total. The topological polar surface area (TPSA) is 73.8 Å². The summed E-state index contributed by atoms with van der Waals surface area (Å²) in [6, 6.07) is 12.1. The van der Waals surface area contributed by atoms with Crippen LogP contribution in [0.1, 0.15) is 25.6 Å². The summed E-state index contributed by atoms with van der Waals surface area (Å²) in [6.45, 7) is 4.68. The first-order valence-corrected chi connectivity index (χ1v) is 10.3. The van der Waals surface area contributed by atoms with Crippen LogP contribution >= 0.6 is 0 Å². The molecule has 0 bridgehead atoms. The maximum absolute atomic E-state index is 14.5. The summed E-state index contributed by atoms with van der Waals surface area (Å²) >= 11 is 0. The molecule has 2 aromatic carbocycles. The van der Waals surface area contributed by atoms with Crippen molar-refractivity contribution in [2.45, 2.75) is 39.8 Å². The number of benzene rings is 2. The zero-order chi connectivity index (χ0) is 22.0. The Balaban J connectivity index is 1.48. The molecule has 0 saturated carbocycles. The number of halogens is 1. The van der Waals surface area contributed by atoms with Crippen LogP contribution in [0.2, 0.25) is 0 Å². The Morgan fingerprint density at radius 1 is 1.10 bits per heavy atom. The van der Waals surface area contributed by atoms with Crippen LogP contribution in [-0.4, -0.2) is 24.6 Å². The smallest absolute Gasteiger partial charge is 0.326 e. The third-order valence-corrected chi connectivity index (χ3v) is 5.25. The van der Waals surface area contributed by atoms with E-state index in [-0.39, 0.29) is 24.6 Å². The Morgan fingerprint density at radius 2 is 1.81 bits per heavy atom. The molecule has 0 atom stereocenters. The number of rotatable bonds is 7. The Hall–Kier alpha value is -3.68. The minimum atomic E-state index is -0.460. The van der Waals surface area contributed by atoms with Gasteiger partial charge in [-0.2, -0.15) is 0 Å². The highest BCUT2D eigenvalue weighted by molar-refractivity contribution is 5.90. The molecule has 0 spiro atoms. The lowest BCUT2D eigenvalue weighted by Gasteiger charge is -2.10. The van der Waals surface area contributed by atoms with Crippen molar-refractivity contribution in [1.29, 1.82) is 0 Å². The van der Waals surface area contributed by atoms with Crippen molar-refractivity contribution in [3.05, 3.63) is 77.0 Å². The second-order valence-corrected chi connectivity index (χ2v) is 7.38. The standard InChI is InChI=1S/C23H24FN5O2/c1-3-12-28-20-6-4-5-7-21(20)29(23(28)31)13-10-22(30)26-17-8-9-19(18(24)15-17)27-14-11-25-16(27)2/h4-9,11,14-15H,3,10,12-13H2,1-2H3,(H,26,30). The van der Waals surface area contributed by atoms with Crippen molar-refractivity contribution in [3.63, 3.8) is 0 Å². The van der Waals surface area contributed by atoms with Crippen LogP contribution in [0.5, 0.6) is 0 Å². The van der Waals surface area contributed by atoms with Gasteiger partial charge in [0.15, 0.2) is 0 Å². The van der Waals surface area contributed by atoms with E-state index in [0.29, 0.717) is 23.7 Å². The molecule has 0 fully saturated rings. The lowest BCUT2D eigenvalue weighted by molar-refractivity contribution is -0.116. The molecule has 2 heterocycles. The van der Waals surface area contributed by atoms with Gasteiger partial charge in [0, 0.05) is 37.6 Å². The van der Waals surface area contributed by atoms with Gasteiger partial charge in [0.05, 0.1) is 16.7 Å². The van der Waals surface area contributed by atoms with E-state index in [4.69, 9.17) is 0 Å². The molecule has 0 unspecified atom stereocenters.